The van der Waals surface area contributed by atoms with E-state index < -0.39 is 18.0 Å². The van der Waals surface area contributed by atoms with Crippen molar-refractivity contribution in [3.05, 3.63) is 70.3 Å². The molecule has 182 valence electrons. The van der Waals surface area contributed by atoms with Gasteiger partial charge in [-0.2, -0.15) is 0 Å². The van der Waals surface area contributed by atoms with E-state index in [1.54, 1.807) is 12.1 Å². The standard InChI is InChI=1S/C27H33ClN2O4/c1-3-4-5-6-7-8-12-17-34-20-15-16-21(22(28)18-20)25-23(26(31)33-2)24(29-27(32)30-25)19-13-10-9-11-14-19/h9-11,13-16,18,25H,3-8,12,17H2,1-2H3,(H2,29,30,32). The second-order valence-corrected chi connectivity index (χ2v) is 8.74. The van der Waals surface area contributed by atoms with E-state index in [1.165, 1.54) is 39.2 Å². The highest BCUT2D eigenvalue weighted by atomic mass is 35.5. The van der Waals surface area contributed by atoms with Gasteiger partial charge in [-0.25, -0.2) is 9.59 Å². The van der Waals surface area contributed by atoms with E-state index in [-0.39, 0.29) is 5.57 Å². The molecule has 0 saturated carbocycles. The minimum absolute atomic E-state index is 0.284. The largest absolute Gasteiger partial charge is 0.494 e. The van der Waals surface area contributed by atoms with Crippen molar-refractivity contribution in [3.63, 3.8) is 0 Å². The Hall–Kier alpha value is -2.99. The number of urea groups is 1. The molecule has 1 aliphatic heterocycles. The molecule has 7 heteroatoms. The van der Waals surface area contributed by atoms with Gasteiger partial charge in [0.15, 0.2) is 0 Å². The van der Waals surface area contributed by atoms with E-state index in [1.807, 2.05) is 36.4 Å². The molecule has 0 aliphatic carbocycles. The Morgan fingerprint density at radius 3 is 2.38 bits per heavy atom. The van der Waals surface area contributed by atoms with Gasteiger partial charge in [-0.05, 0) is 29.7 Å². The summed E-state index contributed by atoms with van der Waals surface area (Å²) in [4.78, 5) is 25.2. The number of carbonyl (C=O) groups excluding carboxylic acids is 2. The zero-order valence-corrected chi connectivity index (χ0v) is 20.6. The van der Waals surface area contributed by atoms with Gasteiger partial charge in [-0.3, -0.25) is 0 Å². The van der Waals surface area contributed by atoms with Gasteiger partial charge in [0.25, 0.3) is 0 Å². The lowest BCUT2D eigenvalue weighted by atomic mass is 9.92. The molecular formula is C27H33ClN2O4. The first-order chi connectivity index (χ1) is 16.5. The quantitative estimate of drug-likeness (QED) is 0.269. The third kappa shape index (κ3) is 6.76. The summed E-state index contributed by atoms with van der Waals surface area (Å²) in [6.07, 6.45) is 8.50. The average molecular weight is 485 g/mol. The summed E-state index contributed by atoms with van der Waals surface area (Å²) in [7, 11) is 1.31. The van der Waals surface area contributed by atoms with Crippen molar-refractivity contribution in [1.29, 1.82) is 0 Å². The van der Waals surface area contributed by atoms with Crippen molar-refractivity contribution in [2.45, 2.75) is 57.9 Å². The van der Waals surface area contributed by atoms with Crippen LogP contribution in [0.3, 0.4) is 0 Å². The highest BCUT2D eigenvalue weighted by Gasteiger charge is 2.35. The van der Waals surface area contributed by atoms with Gasteiger partial charge in [-0.1, -0.05) is 93.4 Å². The topological polar surface area (TPSA) is 76.7 Å². The van der Waals surface area contributed by atoms with Crippen LogP contribution in [-0.2, 0) is 9.53 Å². The van der Waals surface area contributed by atoms with Crippen molar-refractivity contribution in [2.24, 2.45) is 0 Å². The third-order valence-corrected chi connectivity index (χ3v) is 6.17. The highest BCUT2D eigenvalue weighted by Crippen LogP contribution is 2.36. The maximum absolute atomic E-state index is 12.8. The fraction of sp³-hybridized carbons (Fsp3) is 0.407. The summed E-state index contributed by atoms with van der Waals surface area (Å²) in [5.74, 6) is 0.110. The molecule has 0 saturated heterocycles. The lowest BCUT2D eigenvalue weighted by Crippen LogP contribution is -2.45. The number of methoxy groups -OCH3 is 1. The molecule has 6 nitrogen and oxygen atoms in total. The van der Waals surface area contributed by atoms with Gasteiger partial charge < -0.3 is 20.1 Å². The fourth-order valence-electron chi connectivity index (χ4n) is 4.04. The number of benzene rings is 2. The molecule has 2 N–H and O–H groups in total. The number of hydrogen-bond acceptors (Lipinski definition) is 4. The van der Waals surface area contributed by atoms with Crippen LogP contribution in [0.5, 0.6) is 5.75 Å². The molecule has 1 heterocycles. The average Bonchev–Trinajstić information content (AvgIpc) is 2.85. The summed E-state index contributed by atoms with van der Waals surface area (Å²) in [5, 5.41) is 5.95. The van der Waals surface area contributed by atoms with E-state index in [0.29, 0.717) is 34.2 Å². The van der Waals surface area contributed by atoms with Crippen LogP contribution >= 0.6 is 11.6 Å². The molecule has 0 spiro atoms. The van der Waals surface area contributed by atoms with Crippen LogP contribution in [0.15, 0.2) is 54.1 Å². The first-order valence-electron chi connectivity index (χ1n) is 11.9. The predicted molar refractivity (Wildman–Crippen MR) is 135 cm³/mol. The SMILES string of the molecule is CCCCCCCCCOc1ccc(C2NC(=O)NC(c3ccccc3)=C2C(=O)OC)c(Cl)c1. The Bertz CT molecular complexity index is 1010. The Balaban J connectivity index is 1.74. The van der Waals surface area contributed by atoms with E-state index in [0.717, 1.165) is 12.8 Å². The minimum atomic E-state index is -0.763. The number of rotatable bonds is 12. The summed E-state index contributed by atoms with van der Waals surface area (Å²) in [6.45, 7) is 2.84. The molecule has 3 rings (SSSR count). The smallest absolute Gasteiger partial charge is 0.338 e. The number of nitrogens with one attached hydrogen (secondary N) is 2. The van der Waals surface area contributed by atoms with Crippen molar-refractivity contribution < 1.29 is 19.1 Å². The molecule has 0 aromatic heterocycles. The Morgan fingerprint density at radius 1 is 1.00 bits per heavy atom. The van der Waals surface area contributed by atoms with Crippen molar-refractivity contribution in [1.82, 2.24) is 10.6 Å². The number of amides is 2. The van der Waals surface area contributed by atoms with Crippen molar-refractivity contribution >= 4 is 29.3 Å². The van der Waals surface area contributed by atoms with Crippen LogP contribution in [0.2, 0.25) is 5.02 Å². The van der Waals surface area contributed by atoms with Gasteiger partial charge >= 0.3 is 12.0 Å². The monoisotopic (exact) mass is 484 g/mol. The molecular weight excluding hydrogens is 452 g/mol. The first-order valence-corrected chi connectivity index (χ1v) is 12.3. The fourth-order valence-corrected chi connectivity index (χ4v) is 4.32. The van der Waals surface area contributed by atoms with Gasteiger partial charge in [0.05, 0.1) is 31.0 Å². The van der Waals surface area contributed by atoms with Crippen molar-refractivity contribution in [3.8, 4) is 5.75 Å². The molecule has 2 amide bonds. The number of esters is 1. The zero-order chi connectivity index (χ0) is 24.3. The second-order valence-electron chi connectivity index (χ2n) is 8.33. The lowest BCUT2D eigenvalue weighted by Gasteiger charge is -2.30. The maximum atomic E-state index is 12.8. The summed E-state index contributed by atoms with van der Waals surface area (Å²) >= 11 is 6.60. The lowest BCUT2D eigenvalue weighted by molar-refractivity contribution is -0.136. The van der Waals surface area contributed by atoms with Crippen LogP contribution in [0.25, 0.3) is 5.70 Å². The number of carbonyl (C=O) groups is 2. The third-order valence-electron chi connectivity index (χ3n) is 5.84. The van der Waals surface area contributed by atoms with Gasteiger partial charge in [0.1, 0.15) is 5.75 Å². The molecule has 2 aromatic rings. The Kier molecular flexibility index (Phi) is 9.83. The molecule has 1 aliphatic rings. The number of halogens is 1. The highest BCUT2D eigenvalue weighted by molar-refractivity contribution is 6.31. The second kappa shape index (κ2) is 13.0. The number of ether oxygens (including phenoxy) is 2. The first kappa shape index (κ1) is 25.6. The molecule has 1 unspecified atom stereocenters. The van der Waals surface area contributed by atoms with Crippen LogP contribution in [0, 0.1) is 0 Å². The Morgan fingerprint density at radius 2 is 1.71 bits per heavy atom. The van der Waals surface area contributed by atoms with Gasteiger partial charge in [-0.15, -0.1) is 0 Å². The molecule has 0 fully saturated rings. The van der Waals surface area contributed by atoms with E-state index in [2.05, 4.69) is 17.6 Å². The molecule has 2 aromatic carbocycles. The zero-order valence-electron chi connectivity index (χ0n) is 19.9. The van der Waals surface area contributed by atoms with E-state index in [9.17, 15) is 9.59 Å². The van der Waals surface area contributed by atoms with Crippen LogP contribution in [0.4, 0.5) is 4.79 Å². The van der Waals surface area contributed by atoms with E-state index in [4.69, 9.17) is 21.1 Å². The normalized spacial score (nSPS) is 15.5. The molecule has 0 radical (unpaired) electrons. The maximum Gasteiger partial charge on any atom is 0.338 e. The van der Waals surface area contributed by atoms with Gasteiger partial charge in [0, 0.05) is 5.02 Å². The summed E-state index contributed by atoms with van der Waals surface area (Å²) in [6, 6.07) is 13.3. The van der Waals surface area contributed by atoms with E-state index >= 15 is 0 Å². The number of hydrogen-bond donors (Lipinski definition) is 2. The molecule has 1 atom stereocenters. The summed E-state index contributed by atoms with van der Waals surface area (Å²) in [5.41, 5.74) is 1.98. The van der Waals surface area contributed by atoms with Crippen LogP contribution < -0.4 is 15.4 Å². The minimum Gasteiger partial charge on any atom is -0.494 e. The van der Waals surface area contributed by atoms with Crippen LogP contribution in [-0.4, -0.2) is 25.7 Å². The van der Waals surface area contributed by atoms with Crippen molar-refractivity contribution in [2.75, 3.05) is 13.7 Å². The molecule has 34 heavy (non-hydrogen) atoms. The van der Waals surface area contributed by atoms with Gasteiger partial charge in [0.2, 0.25) is 0 Å². The number of unbranched alkanes of at least 4 members (excludes halogenated alkanes) is 6. The molecule has 0 bridgehead atoms. The van der Waals surface area contributed by atoms with Crippen LogP contribution in [0.1, 0.15) is 69.0 Å². The Labute approximate surface area is 206 Å². The predicted octanol–water partition coefficient (Wildman–Crippen LogP) is 6.41. The summed E-state index contributed by atoms with van der Waals surface area (Å²) < 4.78 is 10.9.